The van der Waals surface area contributed by atoms with Crippen LogP contribution >= 0.6 is 0 Å². The summed E-state index contributed by atoms with van der Waals surface area (Å²) in [5.41, 5.74) is 0. The number of imide groups is 1. The standard InChI is InChI=1S/C9H10N2O6/c1-2-5(12)10-8(15)9(16)17-11-6(13)3-4-7(11)14/h2,8,15H,1,3-4H2,(H,10,12). The van der Waals surface area contributed by atoms with Crippen LogP contribution in [0.1, 0.15) is 12.8 Å². The number of nitrogens with one attached hydrogen (secondary N) is 1. The van der Waals surface area contributed by atoms with Gasteiger partial charge in [-0.15, -0.1) is 5.06 Å². The maximum atomic E-state index is 11.2. The monoisotopic (exact) mass is 242 g/mol. The van der Waals surface area contributed by atoms with Gasteiger partial charge in [0.25, 0.3) is 11.8 Å². The molecule has 1 saturated heterocycles. The highest BCUT2D eigenvalue weighted by Gasteiger charge is 2.34. The van der Waals surface area contributed by atoms with Crippen LogP contribution in [0.5, 0.6) is 0 Å². The molecule has 0 spiro atoms. The fraction of sp³-hybridized carbons (Fsp3) is 0.333. The number of amides is 3. The van der Waals surface area contributed by atoms with Gasteiger partial charge in [-0.2, -0.15) is 0 Å². The fourth-order valence-electron chi connectivity index (χ4n) is 1.05. The van der Waals surface area contributed by atoms with Crippen molar-refractivity contribution in [2.24, 2.45) is 0 Å². The molecule has 1 heterocycles. The van der Waals surface area contributed by atoms with Crippen LogP contribution in [0.25, 0.3) is 0 Å². The summed E-state index contributed by atoms with van der Waals surface area (Å²) in [7, 11) is 0. The van der Waals surface area contributed by atoms with Crippen molar-refractivity contribution in [3.8, 4) is 0 Å². The summed E-state index contributed by atoms with van der Waals surface area (Å²) in [4.78, 5) is 48.4. The van der Waals surface area contributed by atoms with Gasteiger partial charge >= 0.3 is 5.97 Å². The molecule has 1 aliphatic rings. The maximum absolute atomic E-state index is 11.2. The predicted molar refractivity (Wildman–Crippen MR) is 51.5 cm³/mol. The third kappa shape index (κ3) is 3.11. The van der Waals surface area contributed by atoms with Crippen molar-refractivity contribution < 1.29 is 29.1 Å². The van der Waals surface area contributed by atoms with Gasteiger partial charge in [-0.3, -0.25) is 14.4 Å². The molecule has 0 radical (unpaired) electrons. The molecule has 0 saturated carbocycles. The summed E-state index contributed by atoms with van der Waals surface area (Å²) in [5.74, 6) is -3.48. The molecule has 1 rings (SSSR count). The fourth-order valence-corrected chi connectivity index (χ4v) is 1.05. The van der Waals surface area contributed by atoms with Crippen molar-refractivity contribution in [1.29, 1.82) is 0 Å². The molecule has 17 heavy (non-hydrogen) atoms. The second kappa shape index (κ2) is 5.21. The van der Waals surface area contributed by atoms with Gasteiger partial charge in [0.05, 0.1) is 0 Å². The lowest BCUT2D eigenvalue weighted by Crippen LogP contribution is -2.44. The van der Waals surface area contributed by atoms with Crippen molar-refractivity contribution in [2.45, 2.75) is 19.1 Å². The molecule has 3 amide bonds. The maximum Gasteiger partial charge on any atom is 0.381 e. The number of carbonyl (C=O) groups is 4. The second-order valence-corrected chi connectivity index (χ2v) is 3.11. The van der Waals surface area contributed by atoms with E-state index in [0.29, 0.717) is 0 Å². The molecule has 1 atom stereocenters. The molecule has 0 bridgehead atoms. The number of hydrogen-bond acceptors (Lipinski definition) is 6. The SMILES string of the molecule is C=CC(=O)NC(O)C(=O)ON1C(=O)CCC1=O. The number of hydrogen-bond donors (Lipinski definition) is 2. The summed E-state index contributed by atoms with van der Waals surface area (Å²) < 4.78 is 0. The van der Waals surface area contributed by atoms with Crippen LogP contribution in [0.4, 0.5) is 0 Å². The first kappa shape index (κ1) is 12.8. The molecule has 0 aromatic heterocycles. The lowest BCUT2D eigenvalue weighted by molar-refractivity contribution is -0.204. The zero-order valence-corrected chi connectivity index (χ0v) is 8.71. The molecule has 1 aliphatic heterocycles. The van der Waals surface area contributed by atoms with E-state index in [-0.39, 0.29) is 17.9 Å². The van der Waals surface area contributed by atoms with Crippen LogP contribution in [0.3, 0.4) is 0 Å². The van der Waals surface area contributed by atoms with E-state index in [1.807, 2.05) is 5.32 Å². The molecule has 1 unspecified atom stereocenters. The number of aliphatic hydroxyl groups is 1. The summed E-state index contributed by atoms with van der Waals surface area (Å²) in [6.45, 7) is 3.11. The van der Waals surface area contributed by atoms with Gasteiger partial charge in [0.1, 0.15) is 0 Å². The minimum atomic E-state index is -1.97. The third-order valence-electron chi connectivity index (χ3n) is 1.87. The quantitative estimate of drug-likeness (QED) is 0.342. The Morgan fingerprint density at radius 3 is 2.41 bits per heavy atom. The molecule has 92 valence electrons. The Balaban J connectivity index is 2.54. The van der Waals surface area contributed by atoms with E-state index in [0.717, 1.165) is 6.08 Å². The number of carbonyl (C=O) groups excluding carboxylic acids is 4. The normalized spacial score (nSPS) is 16.6. The van der Waals surface area contributed by atoms with Gasteiger partial charge in [-0.05, 0) is 6.08 Å². The van der Waals surface area contributed by atoms with E-state index >= 15 is 0 Å². The molecular formula is C9H10N2O6. The van der Waals surface area contributed by atoms with Crippen LogP contribution in [0.15, 0.2) is 12.7 Å². The Morgan fingerprint density at radius 2 is 1.94 bits per heavy atom. The topological polar surface area (TPSA) is 113 Å². The molecular weight excluding hydrogens is 232 g/mol. The zero-order chi connectivity index (χ0) is 13.0. The van der Waals surface area contributed by atoms with Crippen molar-refractivity contribution in [3.05, 3.63) is 12.7 Å². The van der Waals surface area contributed by atoms with E-state index in [1.54, 1.807) is 0 Å². The van der Waals surface area contributed by atoms with E-state index in [9.17, 15) is 19.2 Å². The highest BCUT2D eigenvalue weighted by molar-refractivity contribution is 6.01. The first-order valence-electron chi connectivity index (χ1n) is 4.64. The molecule has 0 aromatic carbocycles. The Bertz CT molecular complexity index is 375. The van der Waals surface area contributed by atoms with Crippen molar-refractivity contribution in [1.82, 2.24) is 10.4 Å². The smallest absolute Gasteiger partial charge is 0.364 e. The molecule has 2 N–H and O–H groups in total. The molecule has 0 aromatic rings. The van der Waals surface area contributed by atoms with Crippen molar-refractivity contribution in [2.75, 3.05) is 0 Å². The van der Waals surface area contributed by atoms with Gasteiger partial charge < -0.3 is 15.3 Å². The number of nitrogens with zero attached hydrogens (tertiary/aromatic N) is 1. The van der Waals surface area contributed by atoms with Gasteiger partial charge in [-0.25, -0.2) is 4.79 Å². The largest absolute Gasteiger partial charge is 0.381 e. The van der Waals surface area contributed by atoms with Crippen molar-refractivity contribution in [3.63, 3.8) is 0 Å². The third-order valence-corrected chi connectivity index (χ3v) is 1.87. The first-order valence-corrected chi connectivity index (χ1v) is 4.64. The average Bonchev–Trinajstić information content (AvgIpc) is 2.60. The Labute approximate surface area is 95.8 Å². The molecule has 0 aliphatic carbocycles. The van der Waals surface area contributed by atoms with Gasteiger partial charge in [0.2, 0.25) is 12.1 Å². The Hall–Kier alpha value is -2.22. The predicted octanol–water partition coefficient (Wildman–Crippen LogP) is -1.79. The number of hydroxylamine groups is 2. The van der Waals surface area contributed by atoms with E-state index < -0.39 is 29.9 Å². The molecule has 1 fully saturated rings. The van der Waals surface area contributed by atoms with E-state index in [2.05, 4.69) is 11.4 Å². The van der Waals surface area contributed by atoms with Gasteiger partial charge in [-0.1, -0.05) is 6.58 Å². The lowest BCUT2D eigenvalue weighted by atomic mass is 10.4. The van der Waals surface area contributed by atoms with E-state index in [4.69, 9.17) is 5.11 Å². The van der Waals surface area contributed by atoms with Crippen LogP contribution in [0.2, 0.25) is 0 Å². The Kier molecular flexibility index (Phi) is 3.94. The highest BCUT2D eigenvalue weighted by Crippen LogP contribution is 2.12. The summed E-state index contributed by atoms with van der Waals surface area (Å²) in [6.07, 6.45) is -1.24. The Morgan fingerprint density at radius 1 is 1.41 bits per heavy atom. The summed E-state index contributed by atoms with van der Waals surface area (Å²) >= 11 is 0. The van der Waals surface area contributed by atoms with Gasteiger partial charge in [0, 0.05) is 12.8 Å². The van der Waals surface area contributed by atoms with Crippen LogP contribution in [0, 0.1) is 0 Å². The summed E-state index contributed by atoms with van der Waals surface area (Å²) in [5, 5.41) is 11.2. The van der Waals surface area contributed by atoms with Crippen LogP contribution in [-0.4, -0.2) is 40.1 Å². The van der Waals surface area contributed by atoms with Gasteiger partial charge in [0.15, 0.2) is 0 Å². The summed E-state index contributed by atoms with van der Waals surface area (Å²) in [6, 6.07) is 0. The van der Waals surface area contributed by atoms with Crippen LogP contribution < -0.4 is 5.32 Å². The van der Waals surface area contributed by atoms with Crippen molar-refractivity contribution >= 4 is 23.7 Å². The van der Waals surface area contributed by atoms with E-state index in [1.165, 1.54) is 0 Å². The highest BCUT2D eigenvalue weighted by atomic mass is 16.7. The molecule has 8 heteroatoms. The average molecular weight is 242 g/mol. The lowest BCUT2D eigenvalue weighted by Gasteiger charge is -2.15. The molecule has 8 nitrogen and oxygen atoms in total. The minimum Gasteiger partial charge on any atom is -0.364 e. The number of aliphatic hydroxyl groups excluding tert-OH is 1. The zero-order valence-electron chi connectivity index (χ0n) is 8.71. The minimum absolute atomic E-state index is 0.0543. The number of rotatable bonds is 4. The van der Waals surface area contributed by atoms with Crippen LogP contribution in [-0.2, 0) is 24.0 Å². The first-order chi connectivity index (χ1) is 7.95. The second-order valence-electron chi connectivity index (χ2n) is 3.11.